The number of benzene rings is 2. The standard InChI is InChI=1S/C20H23N3O2/c24-14-13-22(15-17-7-3-1-4-8-17)16-20(25)23-12-11-19(21-23)18-9-5-2-6-10-18/h1-10,24H,11-16H2. The Balaban J connectivity index is 1.62. The number of hydrazone groups is 1. The Bertz CT molecular complexity index is 716. The second-order valence-corrected chi connectivity index (χ2v) is 6.10. The fourth-order valence-corrected chi connectivity index (χ4v) is 2.94. The van der Waals surface area contributed by atoms with E-state index in [-0.39, 0.29) is 19.1 Å². The molecule has 0 aromatic heterocycles. The van der Waals surface area contributed by atoms with Crippen LogP contribution in [0, 0.1) is 0 Å². The summed E-state index contributed by atoms with van der Waals surface area (Å²) in [6.45, 7) is 1.99. The Morgan fingerprint density at radius 1 is 1.08 bits per heavy atom. The normalized spacial score (nSPS) is 14.0. The average Bonchev–Trinajstić information content (AvgIpc) is 3.14. The highest BCUT2D eigenvalue weighted by Crippen LogP contribution is 2.14. The van der Waals surface area contributed by atoms with Gasteiger partial charge in [-0.15, -0.1) is 0 Å². The molecule has 5 nitrogen and oxygen atoms in total. The van der Waals surface area contributed by atoms with Crippen molar-refractivity contribution in [2.75, 3.05) is 26.2 Å². The lowest BCUT2D eigenvalue weighted by Gasteiger charge is -2.22. The van der Waals surface area contributed by atoms with Crippen molar-refractivity contribution in [1.29, 1.82) is 0 Å². The maximum atomic E-state index is 12.6. The van der Waals surface area contributed by atoms with Crippen molar-refractivity contribution >= 4 is 11.6 Å². The molecule has 2 aromatic rings. The molecule has 2 aromatic carbocycles. The lowest BCUT2D eigenvalue weighted by molar-refractivity contribution is -0.132. The zero-order valence-electron chi connectivity index (χ0n) is 14.2. The summed E-state index contributed by atoms with van der Waals surface area (Å²) in [4.78, 5) is 14.5. The van der Waals surface area contributed by atoms with Crippen LogP contribution in [0.1, 0.15) is 17.5 Å². The van der Waals surface area contributed by atoms with Crippen LogP contribution in [-0.4, -0.2) is 52.9 Å². The smallest absolute Gasteiger partial charge is 0.256 e. The van der Waals surface area contributed by atoms with E-state index < -0.39 is 0 Å². The van der Waals surface area contributed by atoms with E-state index >= 15 is 0 Å². The van der Waals surface area contributed by atoms with Crippen LogP contribution in [-0.2, 0) is 11.3 Å². The van der Waals surface area contributed by atoms with Crippen LogP contribution in [0.15, 0.2) is 65.8 Å². The van der Waals surface area contributed by atoms with Crippen LogP contribution in [0.3, 0.4) is 0 Å². The molecule has 1 amide bonds. The monoisotopic (exact) mass is 337 g/mol. The number of rotatable bonds is 7. The van der Waals surface area contributed by atoms with Gasteiger partial charge in [0.15, 0.2) is 0 Å². The number of aliphatic hydroxyl groups excluding tert-OH is 1. The van der Waals surface area contributed by atoms with E-state index in [1.165, 1.54) is 0 Å². The predicted molar refractivity (Wildman–Crippen MR) is 98.1 cm³/mol. The van der Waals surface area contributed by atoms with Gasteiger partial charge >= 0.3 is 0 Å². The van der Waals surface area contributed by atoms with Crippen LogP contribution in [0.25, 0.3) is 0 Å². The van der Waals surface area contributed by atoms with Gasteiger partial charge in [-0.05, 0) is 11.1 Å². The summed E-state index contributed by atoms with van der Waals surface area (Å²) in [5.41, 5.74) is 3.14. The summed E-state index contributed by atoms with van der Waals surface area (Å²) in [5.74, 6) is -0.0321. The van der Waals surface area contributed by atoms with Crippen LogP contribution >= 0.6 is 0 Å². The molecule has 0 radical (unpaired) electrons. The SMILES string of the molecule is O=C(CN(CCO)Cc1ccccc1)N1CCC(c2ccccc2)=N1. The summed E-state index contributed by atoms with van der Waals surface area (Å²) in [7, 11) is 0. The fourth-order valence-electron chi connectivity index (χ4n) is 2.94. The number of amides is 1. The third-order valence-corrected chi connectivity index (χ3v) is 4.22. The van der Waals surface area contributed by atoms with Gasteiger partial charge in [-0.25, -0.2) is 5.01 Å². The van der Waals surface area contributed by atoms with Gasteiger partial charge in [-0.1, -0.05) is 60.7 Å². The summed E-state index contributed by atoms with van der Waals surface area (Å²) in [5, 5.41) is 15.3. The summed E-state index contributed by atoms with van der Waals surface area (Å²) in [6.07, 6.45) is 0.772. The van der Waals surface area contributed by atoms with Gasteiger partial charge in [0.25, 0.3) is 5.91 Å². The van der Waals surface area contributed by atoms with Gasteiger partial charge in [-0.3, -0.25) is 9.69 Å². The van der Waals surface area contributed by atoms with Crippen LogP contribution < -0.4 is 0 Å². The molecule has 1 N–H and O–H groups in total. The first-order valence-electron chi connectivity index (χ1n) is 8.56. The quantitative estimate of drug-likeness (QED) is 0.842. The van der Waals surface area contributed by atoms with Gasteiger partial charge in [0.05, 0.1) is 25.4 Å². The maximum absolute atomic E-state index is 12.6. The zero-order chi connectivity index (χ0) is 17.5. The van der Waals surface area contributed by atoms with E-state index in [9.17, 15) is 9.90 Å². The summed E-state index contributed by atoms with van der Waals surface area (Å²) < 4.78 is 0. The molecule has 0 bridgehead atoms. The van der Waals surface area contributed by atoms with Crippen molar-refractivity contribution in [3.63, 3.8) is 0 Å². The highest BCUT2D eigenvalue weighted by atomic mass is 16.3. The number of carbonyl (C=O) groups excluding carboxylic acids is 1. The molecule has 0 spiro atoms. The first-order valence-corrected chi connectivity index (χ1v) is 8.56. The zero-order valence-corrected chi connectivity index (χ0v) is 14.2. The summed E-state index contributed by atoms with van der Waals surface area (Å²) >= 11 is 0. The van der Waals surface area contributed by atoms with Crippen molar-refractivity contribution in [2.45, 2.75) is 13.0 Å². The van der Waals surface area contributed by atoms with Gasteiger partial charge in [0, 0.05) is 19.5 Å². The molecular weight excluding hydrogens is 314 g/mol. The van der Waals surface area contributed by atoms with Gasteiger partial charge in [0.2, 0.25) is 0 Å². The van der Waals surface area contributed by atoms with E-state index in [1.54, 1.807) is 5.01 Å². The molecule has 1 aliphatic rings. The maximum Gasteiger partial charge on any atom is 0.256 e. The van der Waals surface area contributed by atoms with Gasteiger partial charge in [-0.2, -0.15) is 5.10 Å². The van der Waals surface area contributed by atoms with Crippen LogP contribution in [0.5, 0.6) is 0 Å². The van der Waals surface area contributed by atoms with E-state index in [1.807, 2.05) is 65.6 Å². The number of carbonyl (C=O) groups is 1. The molecule has 0 aliphatic carbocycles. The molecule has 3 rings (SSSR count). The molecule has 0 fully saturated rings. The first kappa shape index (κ1) is 17.3. The molecule has 130 valence electrons. The third kappa shape index (κ3) is 4.75. The Labute approximate surface area is 148 Å². The highest BCUT2D eigenvalue weighted by Gasteiger charge is 2.23. The van der Waals surface area contributed by atoms with Crippen molar-refractivity contribution in [2.24, 2.45) is 5.10 Å². The molecule has 0 atom stereocenters. The molecule has 0 saturated carbocycles. The minimum absolute atomic E-state index is 0.0264. The Morgan fingerprint density at radius 2 is 1.76 bits per heavy atom. The van der Waals surface area contributed by atoms with Crippen LogP contribution in [0.2, 0.25) is 0 Å². The van der Waals surface area contributed by atoms with Crippen molar-refractivity contribution in [1.82, 2.24) is 9.91 Å². The topological polar surface area (TPSA) is 56.1 Å². The molecule has 0 saturated heterocycles. The lowest BCUT2D eigenvalue weighted by Crippen LogP contribution is -2.38. The van der Waals surface area contributed by atoms with E-state index in [0.29, 0.717) is 19.6 Å². The van der Waals surface area contributed by atoms with Crippen molar-refractivity contribution in [3.8, 4) is 0 Å². The number of aliphatic hydroxyl groups is 1. The number of hydrogen-bond acceptors (Lipinski definition) is 4. The molecule has 25 heavy (non-hydrogen) atoms. The minimum atomic E-state index is -0.0321. The second kappa shape index (κ2) is 8.55. The second-order valence-electron chi connectivity index (χ2n) is 6.10. The Morgan fingerprint density at radius 3 is 2.44 bits per heavy atom. The molecule has 5 heteroatoms. The van der Waals surface area contributed by atoms with Crippen molar-refractivity contribution < 1.29 is 9.90 Å². The van der Waals surface area contributed by atoms with Gasteiger partial charge < -0.3 is 5.11 Å². The van der Waals surface area contributed by atoms with Crippen molar-refractivity contribution in [3.05, 3.63) is 71.8 Å². The highest BCUT2D eigenvalue weighted by molar-refractivity contribution is 6.02. The largest absolute Gasteiger partial charge is 0.395 e. The first-order chi connectivity index (χ1) is 12.3. The Hall–Kier alpha value is -2.50. The minimum Gasteiger partial charge on any atom is -0.395 e. The Kier molecular flexibility index (Phi) is 5.93. The molecule has 1 aliphatic heterocycles. The molecular formula is C20H23N3O2. The predicted octanol–water partition coefficient (Wildman–Crippen LogP) is 2.12. The number of hydrogen-bond donors (Lipinski definition) is 1. The van der Waals surface area contributed by atoms with Gasteiger partial charge in [0.1, 0.15) is 0 Å². The van der Waals surface area contributed by atoms with E-state index in [0.717, 1.165) is 23.3 Å². The third-order valence-electron chi connectivity index (χ3n) is 4.22. The summed E-state index contributed by atoms with van der Waals surface area (Å²) in [6, 6.07) is 19.9. The van der Waals surface area contributed by atoms with Crippen LogP contribution in [0.4, 0.5) is 0 Å². The average molecular weight is 337 g/mol. The molecule has 0 unspecified atom stereocenters. The number of nitrogens with zero attached hydrogens (tertiary/aromatic N) is 3. The van der Waals surface area contributed by atoms with E-state index in [4.69, 9.17) is 0 Å². The fraction of sp³-hybridized carbons (Fsp3) is 0.300. The molecule has 1 heterocycles. The lowest BCUT2D eigenvalue weighted by atomic mass is 10.1. The van der Waals surface area contributed by atoms with E-state index in [2.05, 4.69) is 5.10 Å².